The lowest BCUT2D eigenvalue weighted by atomic mass is 10.1. The van der Waals surface area contributed by atoms with E-state index in [1.807, 2.05) is 46.2 Å². The van der Waals surface area contributed by atoms with Crippen LogP contribution < -0.4 is 35.7 Å². The smallest absolute Gasteiger partial charge is 0.222 e. The number of hydrogen-bond acceptors (Lipinski definition) is 9. The van der Waals surface area contributed by atoms with Gasteiger partial charge in [-0.15, -0.1) is 0 Å². The molecular formula is C34H55N5O6. The maximum absolute atomic E-state index is 13.0. The quantitative estimate of drug-likeness (QED) is 0.149. The number of rotatable bonds is 24. The van der Waals surface area contributed by atoms with Crippen molar-refractivity contribution in [3.8, 4) is 23.0 Å². The molecule has 2 aromatic carbocycles. The monoisotopic (exact) mass is 629 g/mol. The molecule has 0 fully saturated rings. The van der Waals surface area contributed by atoms with E-state index in [-0.39, 0.29) is 11.8 Å². The largest absolute Gasteiger partial charge is 0.493 e. The Kier molecular flexibility index (Phi) is 18.4. The lowest BCUT2D eigenvalue weighted by molar-refractivity contribution is -0.132. The van der Waals surface area contributed by atoms with Gasteiger partial charge in [-0.3, -0.25) is 9.59 Å². The molecule has 0 bridgehead atoms. The van der Waals surface area contributed by atoms with Crippen molar-refractivity contribution in [1.82, 2.24) is 15.1 Å². The molecule has 0 saturated heterocycles. The second-order valence-electron chi connectivity index (χ2n) is 10.9. The van der Waals surface area contributed by atoms with Gasteiger partial charge in [0, 0.05) is 39.0 Å². The lowest BCUT2D eigenvalue weighted by Crippen LogP contribution is -2.36. The number of nitrogens with zero attached hydrogens (tertiary/aromatic N) is 2. The van der Waals surface area contributed by atoms with Crippen LogP contribution in [0.25, 0.3) is 0 Å². The minimum atomic E-state index is 0.125. The number of hydrogen-bond donors (Lipinski definition) is 3. The molecule has 5 N–H and O–H groups in total. The Morgan fingerprint density at radius 3 is 1.33 bits per heavy atom. The molecule has 0 unspecified atom stereocenters. The van der Waals surface area contributed by atoms with Crippen LogP contribution in [-0.4, -0.2) is 102 Å². The Labute approximate surface area is 269 Å². The fourth-order valence-corrected chi connectivity index (χ4v) is 5.09. The number of aryl methyl sites for hydroxylation is 2. The molecule has 0 aliphatic heterocycles. The van der Waals surface area contributed by atoms with Crippen LogP contribution in [0.3, 0.4) is 0 Å². The van der Waals surface area contributed by atoms with Crippen LogP contribution in [0.5, 0.6) is 23.0 Å². The highest BCUT2D eigenvalue weighted by molar-refractivity contribution is 5.77. The van der Waals surface area contributed by atoms with E-state index in [0.717, 1.165) is 49.9 Å². The number of nitrogens with two attached hydrogens (primary N) is 2. The summed E-state index contributed by atoms with van der Waals surface area (Å²) in [5.74, 6) is 2.92. The van der Waals surface area contributed by atoms with Gasteiger partial charge in [-0.2, -0.15) is 0 Å². The highest BCUT2D eigenvalue weighted by Crippen LogP contribution is 2.29. The first-order chi connectivity index (χ1) is 21.9. The Balaban J connectivity index is 1.75. The summed E-state index contributed by atoms with van der Waals surface area (Å²) in [5, 5.41) is 3.47. The van der Waals surface area contributed by atoms with Gasteiger partial charge < -0.3 is 45.5 Å². The van der Waals surface area contributed by atoms with E-state index in [1.165, 1.54) is 0 Å². The van der Waals surface area contributed by atoms with E-state index in [0.29, 0.717) is 87.9 Å². The van der Waals surface area contributed by atoms with Crippen LogP contribution in [0.4, 0.5) is 0 Å². The summed E-state index contributed by atoms with van der Waals surface area (Å²) in [6.07, 6.45) is 5.33. The first-order valence-electron chi connectivity index (χ1n) is 16.0. The Morgan fingerprint density at radius 2 is 0.978 bits per heavy atom. The van der Waals surface area contributed by atoms with Crippen LogP contribution in [0, 0.1) is 0 Å². The second kappa shape index (κ2) is 22.0. The molecular weight excluding hydrogens is 574 g/mol. The Hall–Kier alpha value is -3.54. The SMILES string of the molecule is COc1ccc(CCC(=O)N(CCCN)CCCNCCCN(CCCN)C(=O)CCc2ccc(OC)c(OC)c2)cc1OC. The van der Waals surface area contributed by atoms with Gasteiger partial charge in [0.25, 0.3) is 0 Å². The van der Waals surface area contributed by atoms with Gasteiger partial charge in [-0.1, -0.05) is 12.1 Å². The summed E-state index contributed by atoms with van der Waals surface area (Å²) >= 11 is 0. The zero-order valence-electron chi connectivity index (χ0n) is 27.8. The highest BCUT2D eigenvalue weighted by Gasteiger charge is 2.15. The van der Waals surface area contributed by atoms with E-state index in [2.05, 4.69) is 5.32 Å². The molecule has 252 valence electrons. The molecule has 0 aromatic heterocycles. The molecule has 0 atom stereocenters. The predicted molar refractivity (Wildman–Crippen MR) is 178 cm³/mol. The number of methoxy groups -OCH3 is 4. The van der Waals surface area contributed by atoms with Gasteiger partial charge in [0.1, 0.15) is 0 Å². The van der Waals surface area contributed by atoms with Gasteiger partial charge >= 0.3 is 0 Å². The molecule has 0 aliphatic carbocycles. The van der Waals surface area contributed by atoms with Crippen molar-refractivity contribution in [2.75, 3.05) is 80.8 Å². The van der Waals surface area contributed by atoms with Crippen molar-refractivity contribution in [2.45, 2.75) is 51.4 Å². The average Bonchev–Trinajstić information content (AvgIpc) is 3.07. The average molecular weight is 630 g/mol. The van der Waals surface area contributed by atoms with E-state index < -0.39 is 0 Å². The van der Waals surface area contributed by atoms with Crippen molar-refractivity contribution < 1.29 is 28.5 Å². The summed E-state index contributed by atoms with van der Waals surface area (Å²) in [4.78, 5) is 29.9. The molecule has 0 radical (unpaired) electrons. The number of benzene rings is 2. The molecule has 11 nitrogen and oxygen atoms in total. The third-order valence-corrected chi connectivity index (χ3v) is 7.68. The second-order valence-corrected chi connectivity index (χ2v) is 10.9. The van der Waals surface area contributed by atoms with Gasteiger partial charge in [0.15, 0.2) is 23.0 Å². The molecule has 2 rings (SSSR count). The number of nitrogens with one attached hydrogen (secondary N) is 1. The first-order valence-corrected chi connectivity index (χ1v) is 16.0. The van der Waals surface area contributed by atoms with E-state index >= 15 is 0 Å². The topological polar surface area (TPSA) is 142 Å². The van der Waals surface area contributed by atoms with Crippen molar-refractivity contribution in [2.24, 2.45) is 11.5 Å². The molecule has 0 spiro atoms. The van der Waals surface area contributed by atoms with Gasteiger partial charge in [-0.05, 0) is 100 Å². The van der Waals surface area contributed by atoms with Crippen molar-refractivity contribution >= 4 is 11.8 Å². The predicted octanol–water partition coefficient (Wildman–Crippen LogP) is 3.01. The van der Waals surface area contributed by atoms with Crippen LogP contribution in [0.15, 0.2) is 36.4 Å². The number of carbonyl (C=O) groups is 2. The van der Waals surface area contributed by atoms with Crippen LogP contribution in [0.2, 0.25) is 0 Å². The first kappa shape index (κ1) is 37.6. The zero-order valence-corrected chi connectivity index (χ0v) is 27.8. The molecule has 0 heterocycles. The van der Waals surface area contributed by atoms with E-state index in [1.54, 1.807) is 28.4 Å². The summed E-state index contributed by atoms with van der Waals surface area (Å²) in [5.41, 5.74) is 13.5. The fraction of sp³-hybridized carbons (Fsp3) is 0.588. The van der Waals surface area contributed by atoms with Crippen LogP contribution >= 0.6 is 0 Å². The molecule has 0 saturated carbocycles. The van der Waals surface area contributed by atoms with Crippen LogP contribution in [-0.2, 0) is 22.4 Å². The molecule has 2 amide bonds. The van der Waals surface area contributed by atoms with Gasteiger partial charge in [0.05, 0.1) is 28.4 Å². The fourth-order valence-electron chi connectivity index (χ4n) is 5.09. The van der Waals surface area contributed by atoms with Gasteiger partial charge in [-0.25, -0.2) is 0 Å². The standard InChI is InChI=1S/C34H55N5O6/c1-42-29-13-9-27(25-31(29)44-3)11-15-33(40)38(21-5-17-35)23-7-19-37-20-8-24-39(22-6-18-36)34(41)16-12-28-10-14-30(43-2)32(26-28)45-4/h9-10,13-14,25-26,37H,5-8,11-12,15-24,35-36H2,1-4H3. The van der Waals surface area contributed by atoms with Crippen LogP contribution in [0.1, 0.15) is 49.7 Å². The third-order valence-electron chi connectivity index (χ3n) is 7.68. The third kappa shape index (κ3) is 13.5. The number of ether oxygens (including phenoxy) is 4. The number of carbonyl (C=O) groups excluding carboxylic acids is 2. The normalized spacial score (nSPS) is 10.8. The minimum Gasteiger partial charge on any atom is -0.493 e. The summed E-state index contributed by atoms with van der Waals surface area (Å²) in [6.45, 7) is 5.34. The molecule has 45 heavy (non-hydrogen) atoms. The molecule has 11 heteroatoms. The highest BCUT2D eigenvalue weighted by atomic mass is 16.5. The van der Waals surface area contributed by atoms with Crippen molar-refractivity contribution in [1.29, 1.82) is 0 Å². The van der Waals surface area contributed by atoms with Gasteiger partial charge in [0.2, 0.25) is 11.8 Å². The summed E-state index contributed by atoms with van der Waals surface area (Å²) in [6, 6.07) is 11.5. The number of amides is 2. The molecule has 0 aliphatic rings. The zero-order chi connectivity index (χ0) is 32.9. The van der Waals surface area contributed by atoms with Crippen molar-refractivity contribution in [3.63, 3.8) is 0 Å². The lowest BCUT2D eigenvalue weighted by Gasteiger charge is -2.24. The maximum atomic E-state index is 13.0. The van der Waals surface area contributed by atoms with E-state index in [4.69, 9.17) is 30.4 Å². The van der Waals surface area contributed by atoms with Crippen molar-refractivity contribution in [3.05, 3.63) is 47.5 Å². The molecule has 2 aromatic rings. The minimum absolute atomic E-state index is 0.125. The summed E-state index contributed by atoms with van der Waals surface area (Å²) in [7, 11) is 6.43. The Morgan fingerprint density at radius 1 is 0.600 bits per heavy atom. The Bertz CT molecular complexity index is 1060. The summed E-state index contributed by atoms with van der Waals surface area (Å²) < 4.78 is 21.4. The maximum Gasteiger partial charge on any atom is 0.222 e. The van der Waals surface area contributed by atoms with E-state index in [9.17, 15) is 9.59 Å².